The second-order valence-electron chi connectivity index (χ2n) is 5.48. The third kappa shape index (κ3) is 4.05. The van der Waals surface area contributed by atoms with Crippen molar-refractivity contribution >= 4 is 11.5 Å². The molecule has 2 rings (SSSR count). The van der Waals surface area contributed by atoms with E-state index >= 15 is 0 Å². The highest BCUT2D eigenvalue weighted by Crippen LogP contribution is 2.23. The fraction of sp³-hybridized carbons (Fsp3) is 0.389. The van der Waals surface area contributed by atoms with E-state index in [1.54, 1.807) is 0 Å². The van der Waals surface area contributed by atoms with Crippen LogP contribution in [0.25, 0.3) is 0 Å². The van der Waals surface area contributed by atoms with E-state index in [0.717, 1.165) is 25.2 Å². The minimum Gasteiger partial charge on any atom is -0.327 e. The maximum Gasteiger partial charge on any atom is 0.132 e. The number of nitrogens with zero attached hydrogens (tertiary/aromatic N) is 2. The van der Waals surface area contributed by atoms with Gasteiger partial charge < -0.3 is 10.6 Å². The molecule has 2 aromatic rings. The van der Waals surface area contributed by atoms with Gasteiger partial charge in [-0.2, -0.15) is 0 Å². The predicted octanol–water partition coefficient (Wildman–Crippen LogP) is 3.83. The quantitative estimate of drug-likeness (QED) is 0.876. The van der Waals surface area contributed by atoms with Crippen LogP contribution in [0.3, 0.4) is 0 Å². The minimum atomic E-state index is 0.219. The van der Waals surface area contributed by atoms with Crippen molar-refractivity contribution in [1.29, 1.82) is 0 Å². The fourth-order valence-corrected chi connectivity index (χ4v) is 2.35. The number of pyridine rings is 1. The molecule has 1 aromatic heterocycles. The number of nitrogens with two attached hydrogens (primary N) is 1. The summed E-state index contributed by atoms with van der Waals surface area (Å²) in [5.74, 6) is 0.982. The second-order valence-corrected chi connectivity index (χ2v) is 5.48. The van der Waals surface area contributed by atoms with Crippen molar-refractivity contribution in [3.63, 3.8) is 0 Å². The first-order valence-corrected chi connectivity index (χ1v) is 7.68. The summed E-state index contributed by atoms with van der Waals surface area (Å²) in [4.78, 5) is 6.82. The van der Waals surface area contributed by atoms with E-state index in [1.165, 1.54) is 16.8 Å². The van der Waals surface area contributed by atoms with Crippen molar-refractivity contribution in [3.05, 3.63) is 53.7 Å². The first kappa shape index (κ1) is 15.5. The highest BCUT2D eigenvalue weighted by molar-refractivity contribution is 5.60. The van der Waals surface area contributed by atoms with Gasteiger partial charge in [-0.15, -0.1) is 0 Å². The van der Waals surface area contributed by atoms with Gasteiger partial charge in [-0.1, -0.05) is 30.7 Å². The lowest BCUT2D eigenvalue weighted by molar-refractivity contribution is 0.645. The molecule has 3 nitrogen and oxygen atoms in total. The summed E-state index contributed by atoms with van der Waals surface area (Å²) in [6.07, 6.45) is 3.83. The molecule has 2 N–H and O–H groups in total. The fourth-order valence-electron chi connectivity index (χ4n) is 2.35. The van der Waals surface area contributed by atoms with Crippen LogP contribution in [0, 0.1) is 6.92 Å². The Balaban J connectivity index is 2.17. The van der Waals surface area contributed by atoms with Gasteiger partial charge in [0.2, 0.25) is 0 Å². The Kier molecular flexibility index (Phi) is 5.34. The van der Waals surface area contributed by atoms with Crippen LogP contribution in [0.15, 0.2) is 42.6 Å². The molecule has 0 fully saturated rings. The first-order chi connectivity index (χ1) is 10.1. The molecular weight excluding hydrogens is 258 g/mol. The van der Waals surface area contributed by atoms with Crippen LogP contribution in [-0.2, 0) is 6.42 Å². The number of anilines is 2. The SMILES string of the molecule is CCC(N)Cc1ccc(N(CC)c2ccc(C)cc2)nc1. The van der Waals surface area contributed by atoms with Gasteiger partial charge in [0, 0.05) is 24.5 Å². The number of hydrogen-bond acceptors (Lipinski definition) is 3. The van der Waals surface area contributed by atoms with Gasteiger partial charge in [0.05, 0.1) is 0 Å². The average Bonchev–Trinajstić information content (AvgIpc) is 2.51. The van der Waals surface area contributed by atoms with Crippen LogP contribution in [0.1, 0.15) is 31.4 Å². The molecule has 0 bridgehead atoms. The maximum atomic E-state index is 6.00. The lowest BCUT2D eigenvalue weighted by Crippen LogP contribution is -2.22. The van der Waals surface area contributed by atoms with E-state index in [0.29, 0.717) is 0 Å². The zero-order valence-electron chi connectivity index (χ0n) is 13.2. The maximum absolute atomic E-state index is 6.00. The van der Waals surface area contributed by atoms with Crippen LogP contribution in [0.4, 0.5) is 11.5 Å². The molecule has 0 saturated carbocycles. The lowest BCUT2D eigenvalue weighted by atomic mass is 10.1. The molecule has 1 unspecified atom stereocenters. The van der Waals surface area contributed by atoms with E-state index in [9.17, 15) is 0 Å². The third-order valence-corrected chi connectivity index (χ3v) is 3.77. The molecular formula is C18H25N3. The molecule has 0 aliphatic carbocycles. The zero-order chi connectivity index (χ0) is 15.2. The Morgan fingerprint density at radius 2 is 1.81 bits per heavy atom. The van der Waals surface area contributed by atoms with Crippen LogP contribution in [-0.4, -0.2) is 17.6 Å². The van der Waals surface area contributed by atoms with Crippen molar-refractivity contribution in [2.45, 2.75) is 39.7 Å². The van der Waals surface area contributed by atoms with Gasteiger partial charge in [-0.25, -0.2) is 4.98 Å². The molecule has 1 heterocycles. The van der Waals surface area contributed by atoms with Crippen molar-refractivity contribution in [3.8, 4) is 0 Å². The molecule has 0 spiro atoms. The summed E-state index contributed by atoms with van der Waals surface area (Å²) in [7, 11) is 0. The topological polar surface area (TPSA) is 42.1 Å². The van der Waals surface area contributed by atoms with Crippen LogP contribution >= 0.6 is 0 Å². The number of rotatable bonds is 6. The van der Waals surface area contributed by atoms with Crippen molar-refractivity contribution < 1.29 is 0 Å². The average molecular weight is 283 g/mol. The van der Waals surface area contributed by atoms with Gasteiger partial charge in [0.1, 0.15) is 5.82 Å². The number of hydrogen-bond donors (Lipinski definition) is 1. The van der Waals surface area contributed by atoms with Crippen LogP contribution in [0.5, 0.6) is 0 Å². The standard InChI is InChI=1S/C18H25N3/c1-4-16(19)12-15-8-11-18(20-13-15)21(5-2)17-9-6-14(3)7-10-17/h6-11,13,16H,4-5,12,19H2,1-3H3. The highest BCUT2D eigenvalue weighted by Gasteiger charge is 2.09. The van der Waals surface area contributed by atoms with Crippen molar-refractivity contribution in [1.82, 2.24) is 4.98 Å². The van der Waals surface area contributed by atoms with E-state index in [1.807, 2.05) is 6.20 Å². The van der Waals surface area contributed by atoms with E-state index in [-0.39, 0.29) is 6.04 Å². The van der Waals surface area contributed by atoms with Crippen LogP contribution < -0.4 is 10.6 Å². The molecule has 1 atom stereocenters. The normalized spacial score (nSPS) is 12.2. The number of aryl methyl sites for hydroxylation is 1. The van der Waals surface area contributed by atoms with E-state index in [4.69, 9.17) is 5.73 Å². The van der Waals surface area contributed by atoms with E-state index < -0.39 is 0 Å². The number of benzene rings is 1. The van der Waals surface area contributed by atoms with Gasteiger partial charge in [0.15, 0.2) is 0 Å². The molecule has 0 aliphatic rings. The molecule has 3 heteroatoms. The molecule has 0 saturated heterocycles. The first-order valence-electron chi connectivity index (χ1n) is 7.68. The Labute approximate surface area is 127 Å². The Morgan fingerprint density at radius 1 is 1.10 bits per heavy atom. The smallest absolute Gasteiger partial charge is 0.132 e. The van der Waals surface area contributed by atoms with Crippen molar-refractivity contribution in [2.24, 2.45) is 5.73 Å². The summed E-state index contributed by atoms with van der Waals surface area (Å²) in [6, 6.07) is 13.0. The summed E-state index contributed by atoms with van der Waals surface area (Å²) < 4.78 is 0. The zero-order valence-corrected chi connectivity index (χ0v) is 13.2. The summed E-state index contributed by atoms with van der Waals surface area (Å²) in [6.45, 7) is 7.25. The second kappa shape index (κ2) is 7.23. The van der Waals surface area contributed by atoms with Crippen molar-refractivity contribution in [2.75, 3.05) is 11.4 Å². The Hall–Kier alpha value is -1.87. The molecule has 1 aromatic carbocycles. The Bertz CT molecular complexity index is 546. The summed E-state index contributed by atoms with van der Waals surface area (Å²) in [5.41, 5.74) is 9.64. The highest BCUT2D eigenvalue weighted by atomic mass is 15.2. The minimum absolute atomic E-state index is 0.219. The van der Waals surface area contributed by atoms with E-state index in [2.05, 4.69) is 67.1 Å². The molecule has 112 valence electrons. The Morgan fingerprint density at radius 3 is 2.33 bits per heavy atom. The number of aromatic nitrogens is 1. The predicted molar refractivity (Wildman–Crippen MR) is 90.1 cm³/mol. The van der Waals surface area contributed by atoms with Gasteiger partial charge in [0.25, 0.3) is 0 Å². The molecule has 21 heavy (non-hydrogen) atoms. The molecule has 0 aliphatic heterocycles. The summed E-state index contributed by atoms with van der Waals surface area (Å²) >= 11 is 0. The molecule has 0 radical (unpaired) electrons. The van der Waals surface area contributed by atoms with Gasteiger partial charge in [-0.3, -0.25) is 0 Å². The lowest BCUT2D eigenvalue weighted by Gasteiger charge is -2.22. The molecule has 0 amide bonds. The monoisotopic (exact) mass is 283 g/mol. The summed E-state index contributed by atoms with van der Waals surface area (Å²) in [5, 5.41) is 0. The largest absolute Gasteiger partial charge is 0.327 e. The third-order valence-electron chi connectivity index (χ3n) is 3.77. The van der Waals surface area contributed by atoms with Crippen LogP contribution in [0.2, 0.25) is 0 Å². The van der Waals surface area contributed by atoms with Gasteiger partial charge in [-0.05, 0) is 50.5 Å². The van der Waals surface area contributed by atoms with Gasteiger partial charge >= 0.3 is 0 Å².